The van der Waals surface area contributed by atoms with Gasteiger partial charge in [-0.15, -0.1) is 12.4 Å². The molecular formula is C8H8Cl3NO2. The number of hydrogen-bond acceptors (Lipinski definition) is 2. The summed E-state index contributed by atoms with van der Waals surface area (Å²) >= 11 is 11.3. The maximum Gasteiger partial charge on any atom is 0.336 e. The molecule has 1 aromatic carbocycles. The largest absolute Gasteiger partial charge is 0.478 e. The van der Waals surface area contributed by atoms with E-state index in [9.17, 15) is 4.79 Å². The molecule has 0 saturated heterocycles. The van der Waals surface area contributed by atoms with Crippen LogP contribution in [0.1, 0.15) is 15.9 Å². The predicted molar refractivity (Wildman–Crippen MR) is 58.6 cm³/mol. The number of carboxylic acids is 1. The van der Waals surface area contributed by atoms with Crippen LogP contribution in [-0.2, 0) is 6.54 Å². The number of nitrogens with two attached hydrogens (primary N) is 1. The smallest absolute Gasteiger partial charge is 0.336 e. The van der Waals surface area contributed by atoms with Crippen LogP contribution < -0.4 is 5.73 Å². The Morgan fingerprint density at radius 3 is 2.29 bits per heavy atom. The SMILES string of the molecule is Cl.NCc1cc(Cl)c(Cl)cc1C(=O)O. The van der Waals surface area contributed by atoms with Gasteiger partial charge in [-0.1, -0.05) is 23.2 Å². The summed E-state index contributed by atoms with van der Waals surface area (Å²) in [5.41, 5.74) is 5.91. The molecule has 3 N–H and O–H groups in total. The van der Waals surface area contributed by atoms with Gasteiger partial charge < -0.3 is 10.8 Å². The minimum atomic E-state index is -1.06. The van der Waals surface area contributed by atoms with Crippen LogP contribution in [0.4, 0.5) is 0 Å². The van der Waals surface area contributed by atoms with Crippen molar-refractivity contribution < 1.29 is 9.90 Å². The number of carboxylic acid groups (broad SMARTS) is 1. The molecule has 0 bridgehead atoms. The van der Waals surface area contributed by atoms with Crippen LogP contribution in [0.25, 0.3) is 0 Å². The van der Waals surface area contributed by atoms with Gasteiger partial charge in [0.1, 0.15) is 0 Å². The van der Waals surface area contributed by atoms with Gasteiger partial charge >= 0.3 is 5.97 Å². The molecule has 0 aromatic heterocycles. The second kappa shape index (κ2) is 5.41. The summed E-state index contributed by atoms with van der Waals surface area (Å²) in [6, 6.07) is 2.77. The van der Waals surface area contributed by atoms with Gasteiger partial charge in [0.2, 0.25) is 0 Å². The van der Waals surface area contributed by atoms with Gasteiger partial charge in [0, 0.05) is 6.54 Å². The first kappa shape index (κ1) is 13.5. The highest BCUT2D eigenvalue weighted by atomic mass is 35.5. The summed E-state index contributed by atoms with van der Waals surface area (Å²) in [6.45, 7) is 0.124. The van der Waals surface area contributed by atoms with Crippen molar-refractivity contribution in [1.29, 1.82) is 0 Å². The van der Waals surface area contributed by atoms with E-state index in [2.05, 4.69) is 0 Å². The Kier molecular flexibility index (Phi) is 5.23. The highest BCUT2D eigenvalue weighted by molar-refractivity contribution is 6.42. The van der Waals surface area contributed by atoms with Gasteiger partial charge in [-0.2, -0.15) is 0 Å². The maximum atomic E-state index is 10.7. The van der Waals surface area contributed by atoms with Crippen LogP contribution in [0.15, 0.2) is 12.1 Å². The molecule has 0 amide bonds. The van der Waals surface area contributed by atoms with E-state index < -0.39 is 5.97 Å². The van der Waals surface area contributed by atoms with Crippen molar-refractivity contribution in [2.24, 2.45) is 5.73 Å². The molecule has 0 aliphatic rings. The third kappa shape index (κ3) is 2.75. The van der Waals surface area contributed by atoms with Gasteiger partial charge in [-0.25, -0.2) is 4.79 Å². The third-order valence-electron chi connectivity index (χ3n) is 1.60. The molecule has 0 radical (unpaired) electrons. The Bertz CT molecular complexity index is 355. The average molecular weight is 257 g/mol. The molecule has 1 rings (SSSR count). The number of benzene rings is 1. The lowest BCUT2D eigenvalue weighted by molar-refractivity contribution is 0.0695. The van der Waals surface area contributed by atoms with E-state index in [-0.39, 0.29) is 29.5 Å². The Balaban J connectivity index is 0.00000169. The van der Waals surface area contributed by atoms with Crippen molar-refractivity contribution in [3.63, 3.8) is 0 Å². The topological polar surface area (TPSA) is 63.3 Å². The fourth-order valence-electron chi connectivity index (χ4n) is 0.956. The van der Waals surface area contributed by atoms with Crippen molar-refractivity contribution in [3.8, 4) is 0 Å². The lowest BCUT2D eigenvalue weighted by Crippen LogP contribution is -2.06. The van der Waals surface area contributed by atoms with Crippen LogP contribution in [0.5, 0.6) is 0 Å². The van der Waals surface area contributed by atoms with E-state index in [1.807, 2.05) is 0 Å². The monoisotopic (exact) mass is 255 g/mol. The summed E-state index contributed by atoms with van der Waals surface area (Å²) in [7, 11) is 0. The van der Waals surface area contributed by atoms with E-state index in [0.29, 0.717) is 10.6 Å². The molecule has 0 atom stereocenters. The molecule has 0 saturated carbocycles. The Morgan fingerprint density at radius 1 is 1.36 bits per heavy atom. The number of rotatable bonds is 2. The van der Waals surface area contributed by atoms with Crippen LogP contribution >= 0.6 is 35.6 Å². The zero-order valence-corrected chi connectivity index (χ0v) is 9.29. The van der Waals surface area contributed by atoms with Crippen molar-refractivity contribution in [2.45, 2.75) is 6.54 Å². The van der Waals surface area contributed by atoms with Gasteiger partial charge in [-0.3, -0.25) is 0 Å². The summed E-state index contributed by atoms with van der Waals surface area (Å²) in [4.78, 5) is 10.7. The van der Waals surface area contributed by atoms with Gasteiger partial charge in [0.15, 0.2) is 0 Å². The molecule has 14 heavy (non-hydrogen) atoms. The van der Waals surface area contributed by atoms with E-state index in [1.54, 1.807) is 0 Å². The second-order valence-electron chi connectivity index (χ2n) is 2.43. The van der Waals surface area contributed by atoms with Gasteiger partial charge in [0.05, 0.1) is 15.6 Å². The fourth-order valence-corrected chi connectivity index (χ4v) is 1.31. The second-order valence-corrected chi connectivity index (χ2v) is 3.25. The number of carbonyl (C=O) groups is 1. The summed E-state index contributed by atoms with van der Waals surface area (Å²) < 4.78 is 0. The van der Waals surface area contributed by atoms with Gasteiger partial charge in [-0.05, 0) is 17.7 Å². The molecule has 0 aliphatic carbocycles. The molecule has 1 aromatic rings. The Labute approximate surface area is 97.2 Å². The van der Waals surface area contributed by atoms with E-state index >= 15 is 0 Å². The van der Waals surface area contributed by atoms with Crippen LogP contribution in [0.3, 0.4) is 0 Å². The Hall–Kier alpha value is -0.480. The molecule has 0 heterocycles. The number of hydrogen-bond donors (Lipinski definition) is 2. The molecule has 0 fully saturated rings. The predicted octanol–water partition coefficient (Wildman–Crippen LogP) is 2.57. The molecule has 0 spiro atoms. The molecule has 3 nitrogen and oxygen atoms in total. The summed E-state index contributed by atoms with van der Waals surface area (Å²) in [6.07, 6.45) is 0. The highest BCUT2D eigenvalue weighted by Crippen LogP contribution is 2.25. The molecule has 6 heteroatoms. The summed E-state index contributed by atoms with van der Waals surface area (Å²) in [5.74, 6) is -1.06. The number of halogens is 3. The lowest BCUT2D eigenvalue weighted by atomic mass is 10.1. The minimum absolute atomic E-state index is 0. The van der Waals surface area contributed by atoms with E-state index in [1.165, 1.54) is 12.1 Å². The minimum Gasteiger partial charge on any atom is -0.478 e. The molecule has 0 unspecified atom stereocenters. The normalized spacial score (nSPS) is 9.36. The zero-order valence-electron chi connectivity index (χ0n) is 6.96. The van der Waals surface area contributed by atoms with E-state index in [0.717, 1.165) is 0 Å². The quantitative estimate of drug-likeness (QED) is 0.855. The van der Waals surface area contributed by atoms with Crippen molar-refractivity contribution in [2.75, 3.05) is 0 Å². The zero-order chi connectivity index (χ0) is 10.0. The lowest BCUT2D eigenvalue weighted by Gasteiger charge is -2.04. The van der Waals surface area contributed by atoms with Crippen molar-refractivity contribution in [3.05, 3.63) is 33.3 Å². The van der Waals surface area contributed by atoms with Gasteiger partial charge in [0.25, 0.3) is 0 Å². The van der Waals surface area contributed by atoms with E-state index in [4.69, 9.17) is 34.0 Å². The highest BCUT2D eigenvalue weighted by Gasteiger charge is 2.11. The fraction of sp³-hybridized carbons (Fsp3) is 0.125. The van der Waals surface area contributed by atoms with Crippen LogP contribution in [0.2, 0.25) is 10.0 Å². The van der Waals surface area contributed by atoms with Crippen LogP contribution in [-0.4, -0.2) is 11.1 Å². The van der Waals surface area contributed by atoms with Crippen molar-refractivity contribution >= 4 is 41.6 Å². The first-order valence-corrected chi connectivity index (χ1v) is 4.23. The average Bonchev–Trinajstić information content (AvgIpc) is 2.08. The third-order valence-corrected chi connectivity index (χ3v) is 2.32. The standard InChI is InChI=1S/C8H7Cl2NO2.ClH/c9-6-1-4(3-11)5(8(12)13)2-7(6)10;/h1-2H,3,11H2,(H,12,13);1H. The molecule has 78 valence electrons. The maximum absolute atomic E-state index is 10.7. The van der Waals surface area contributed by atoms with Crippen LogP contribution in [0, 0.1) is 0 Å². The number of aromatic carboxylic acids is 1. The molecule has 0 aliphatic heterocycles. The first-order valence-electron chi connectivity index (χ1n) is 3.47. The molecular weight excluding hydrogens is 248 g/mol. The summed E-state index contributed by atoms with van der Waals surface area (Å²) in [5, 5.41) is 9.29. The Morgan fingerprint density at radius 2 is 1.86 bits per heavy atom. The first-order chi connectivity index (χ1) is 6.06. The van der Waals surface area contributed by atoms with Crippen molar-refractivity contribution in [1.82, 2.24) is 0 Å².